The second-order valence-electron chi connectivity index (χ2n) is 4.26. The Morgan fingerprint density at radius 2 is 1.53 bits per heavy atom. The maximum absolute atomic E-state index is 13.4. The van der Waals surface area contributed by atoms with Crippen molar-refractivity contribution in [3.05, 3.63) is 65.2 Å². The highest BCUT2D eigenvalue weighted by molar-refractivity contribution is 7.90. The zero-order valence-corrected chi connectivity index (χ0v) is 11.0. The highest BCUT2D eigenvalue weighted by atomic mass is 32.2. The molecule has 0 saturated carbocycles. The highest BCUT2D eigenvalue weighted by Gasteiger charge is 2.17. The minimum Gasteiger partial charge on any atom is -0.223 e. The topological polar surface area (TPSA) is 34.1 Å². The van der Waals surface area contributed by atoms with Crippen molar-refractivity contribution >= 4 is 9.84 Å². The van der Waals surface area contributed by atoms with Crippen LogP contribution in [-0.4, -0.2) is 8.42 Å². The highest BCUT2D eigenvalue weighted by Crippen LogP contribution is 2.20. The molecule has 0 saturated heterocycles. The van der Waals surface area contributed by atoms with Crippen molar-refractivity contribution in [3.8, 4) is 0 Å². The van der Waals surface area contributed by atoms with Crippen molar-refractivity contribution in [2.75, 3.05) is 0 Å². The maximum atomic E-state index is 13.4. The summed E-state index contributed by atoms with van der Waals surface area (Å²) in [5, 5.41) is 0. The quantitative estimate of drug-likeness (QED) is 0.866. The van der Waals surface area contributed by atoms with Crippen LogP contribution in [0.4, 0.5) is 8.78 Å². The van der Waals surface area contributed by atoms with Gasteiger partial charge in [0.1, 0.15) is 11.6 Å². The van der Waals surface area contributed by atoms with Crippen molar-refractivity contribution in [2.45, 2.75) is 17.6 Å². The standard InChI is InChI=1S/C14H12F2O2S/c1-10-13(15)7-11(8-14(10)16)9-19(17,18)12-5-3-2-4-6-12/h2-8H,9H2,1H3. The van der Waals surface area contributed by atoms with Crippen LogP contribution in [0.25, 0.3) is 0 Å². The van der Waals surface area contributed by atoms with Gasteiger partial charge >= 0.3 is 0 Å². The van der Waals surface area contributed by atoms with Crippen molar-refractivity contribution in [1.82, 2.24) is 0 Å². The van der Waals surface area contributed by atoms with Crippen LogP contribution in [0.15, 0.2) is 47.4 Å². The number of halogens is 2. The molecule has 0 spiro atoms. The predicted octanol–water partition coefficient (Wildman–Crippen LogP) is 3.25. The predicted molar refractivity (Wildman–Crippen MR) is 68.4 cm³/mol. The van der Waals surface area contributed by atoms with Crippen LogP contribution in [0.3, 0.4) is 0 Å². The van der Waals surface area contributed by atoms with Gasteiger partial charge in [-0.25, -0.2) is 17.2 Å². The Kier molecular flexibility index (Phi) is 3.66. The van der Waals surface area contributed by atoms with Crippen LogP contribution < -0.4 is 0 Å². The maximum Gasteiger partial charge on any atom is 0.182 e. The fourth-order valence-corrected chi connectivity index (χ4v) is 3.06. The van der Waals surface area contributed by atoms with Crippen LogP contribution in [-0.2, 0) is 15.6 Å². The zero-order valence-electron chi connectivity index (χ0n) is 10.2. The van der Waals surface area contributed by atoms with Crippen LogP contribution in [0.2, 0.25) is 0 Å². The third kappa shape index (κ3) is 2.98. The summed E-state index contributed by atoms with van der Waals surface area (Å²) in [7, 11) is -3.59. The third-order valence-corrected chi connectivity index (χ3v) is 4.50. The van der Waals surface area contributed by atoms with Crippen LogP contribution in [0.5, 0.6) is 0 Å². The van der Waals surface area contributed by atoms with E-state index in [4.69, 9.17) is 0 Å². The largest absolute Gasteiger partial charge is 0.223 e. The fraction of sp³-hybridized carbons (Fsp3) is 0.143. The first kappa shape index (κ1) is 13.7. The summed E-state index contributed by atoms with van der Waals surface area (Å²) < 4.78 is 50.9. The molecule has 0 aliphatic rings. The molecule has 0 N–H and O–H groups in total. The molecule has 0 bridgehead atoms. The number of benzene rings is 2. The van der Waals surface area contributed by atoms with Gasteiger partial charge in [0.05, 0.1) is 10.6 Å². The molecule has 0 fully saturated rings. The smallest absolute Gasteiger partial charge is 0.182 e. The molecule has 0 aromatic heterocycles. The van der Waals surface area contributed by atoms with Gasteiger partial charge in [0.15, 0.2) is 9.84 Å². The number of hydrogen-bond donors (Lipinski definition) is 0. The normalized spacial score (nSPS) is 11.5. The molecule has 2 aromatic carbocycles. The summed E-state index contributed by atoms with van der Waals surface area (Å²) in [5.41, 5.74) is -0.00897. The molecular formula is C14H12F2O2S. The molecule has 0 atom stereocenters. The van der Waals surface area contributed by atoms with E-state index in [2.05, 4.69) is 0 Å². The van der Waals surface area contributed by atoms with E-state index in [1.165, 1.54) is 19.1 Å². The Morgan fingerprint density at radius 3 is 2.05 bits per heavy atom. The van der Waals surface area contributed by atoms with Crippen LogP contribution in [0, 0.1) is 18.6 Å². The second kappa shape index (κ2) is 5.09. The monoisotopic (exact) mass is 282 g/mol. The average molecular weight is 282 g/mol. The van der Waals surface area contributed by atoms with Crippen molar-refractivity contribution in [2.24, 2.45) is 0 Å². The van der Waals surface area contributed by atoms with Gasteiger partial charge in [-0.1, -0.05) is 18.2 Å². The minimum atomic E-state index is -3.59. The van der Waals surface area contributed by atoms with E-state index in [1.807, 2.05) is 0 Å². The van der Waals surface area contributed by atoms with Crippen LogP contribution >= 0.6 is 0 Å². The van der Waals surface area contributed by atoms with Gasteiger partial charge in [-0.3, -0.25) is 0 Å². The molecule has 100 valence electrons. The van der Waals surface area contributed by atoms with E-state index in [9.17, 15) is 17.2 Å². The fourth-order valence-electron chi connectivity index (χ4n) is 1.71. The molecule has 0 radical (unpaired) electrons. The lowest BCUT2D eigenvalue weighted by atomic mass is 10.1. The summed E-state index contributed by atoms with van der Waals surface area (Å²) in [6.45, 7) is 1.31. The van der Waals surface area contributed by atoms with Gasteiger partial charge in [0.2, 0.25) is 0 Å². The molecule has 2 nitrogen and oxygen atoms in total. The van der Waals surface area contributed by atoms with Gasteiger partial charge in [0, 0.05) is 5.56 Å². The minimum absolute atomic E-state index is 0.101. The molecule has 0 aliphatic carbocycles. The second-order valence-corrected chi connectivity index (χ2v) is 6.25. The van der Waals surface area contributed by atoms with Gasteiger partial charge in [-0.05, 0) is 36.8 Å². The Bertz CT molecular complexity index is 672. The SMILES string of the molecule is Cc1c(F)cc(CS(=O)(=O)c2ccccc2)cc1F. The summed E-state index contributed by atoms with van der Waals surface area (Å²) >= 11 is 0. The Hall–Kier alpha value is -1.75. The van der Waals surface area contributed by atoms with Crippen molar-refractivity contribution in [1.29, 1.82) is 0 Å². The first-order chi connectivity index (χ1) is 8.90. The first-order valence-corrected chi connectivity index (χ1v) is 7.28. The van der Waals surface area contributed by atoms with E-state index in [0.29, 0.717) is 0 Å². The van der Waals surface area contributed by atoms with Gasteiger partial charge in [0.25, 0.3) is 0 Å². The molecule has 0 amide bonds. The number of hydrogen-bond acceptors (Lipinski definition) is 2. The van der Waals surface area contributed by atoms with Crippen molar-refractivity contribution < 1.29 is 17.2 Å². The van der Waals surface area contributed by atoms with Crippen molar-refractivity contribution in [3.63, 3.8) is 0 Å². The zero-order chi connectivity index (χ0) is 14.0. The van der Waals surface area contributed by atoms with E-state index < -0.39 is 27.2 Å². The molecule has 2 rings (SSSR count). The molecule has 19 heavy (non-hydrogen) atoms. The molecule has 5 heteroatoms. The Labute approximate surface area is 110 Å². The molecule has 2 aromatic rings. The van der Waals surface area contributed by atoms with Crippen LogP contribution in [0.1, 0.15) is 11.1 Å². The summed E-state index contributed by atoms with van der Waals surface area (Å²) in [4.78, 5) is 0.136. The lowest BCUT2D eigenvalue weighted by Crippen LogP contribution is -2.06. The number of sulfone groups is 1. The van der Waals surface area contributed by atoms with Gasteiger partial charge in [-0.15, -0.1) is 0 Å². The summed E-state index contributed by atoms with van der Waals surface area (Å²) in [6, 6.07) is 9.92. The Morgan fingerprint density at radius 1 is 1.00 bits per heavy atom. The average Bonchev–Trinajstić information content (AvgIpc) is 2.36. The summed E-state index contributed by atoms with van der Waals surface area (Å²) in [5.74, 6) is -1.90. The first-order valence-electron chi connectivity index (χ1n) is 5.62. The molecule has 0 aliphatic heterocycles. The third-order valence-electron chi connectivity index (χ3n) is 2.80. The van der Waals surface area contributed by atoms with E-state index in [1.54, 1.807) is 18.2 Å². The number of rotatable bonds is 3. The molecular weight excluding hydrogens is 270 g/mol. The lowest BCUT2D eigenvalue weighted by Gasteiger charge is -2.06. The summed E-state index contributed by atoms with van der Waals surface area (Å²) in [6.07, 6.45) is 0. The van der Waals surface area contributed by atoms with E-state index in [-0.39, 0.29) is 16.0 Å². The van der Waals surface area contributed by atoms with Gasteiger partial charge in [-0.2, -0.15) is 0 Å². The van der Waals surface area contributed by atoms with E-state index >= 15 is 0 Å². The van der Waals surface area contributed by atoms with Gasteiger partial charge < -0.3 is 0 Å². The molecule has 0 heterocycles. The molecule has 0 unspecified atom stereocenters. The Balaban J connectivity index is 2.37. The van der Waals surface area contributed by atoms with E-state index in [0.717, 1.165) is 12.1 Å². The lowest BCUT2D eigenvalue weighted by molar-refractivity contribution is 0.565.